The first-order valence-corrected chi connectivity index (χ1v) is 7.45. The molecular formula is C17H14BrNO4. The lowest BCUT2D eigenvalue weighted by Gasteiger charge is -2.07. The molecule has 0 aliphatic rings. The van der Waals surface area contributed by atoms with E-state index in [0.717, 1.165) is 4.47 Å². The SMILES string of the molecule is COc1ccc(/C=C(/NC(=O)c2cccc(Br)c2)C(=O)O)cc1. The van der Waals surface area contributed by atoms with Gasteiger partial charge >= 0.3 is 5.97 Å². The Labute approximate surface area is 141 Å². The lowest BCUT2D eigenvalue weighted by molar-refractivity contribution is -0.132. The zero-order valence-electron chi connectivity index (χ0n) is 12.2. The van der Waals surface area contributed by atoms with E-state index in [-0.39, 0.29) is 5.70 Å². The molecule has 0 bridgehead atoms. The fourth-order valence-corrected chi connectivity index (χ4v) is 2.24. The van der Waals surface area contributed by atoms with Crippen LogP contribution in [0.3, 0.4) is 0 Å². The minimum Gasteiger partial charge on any atom is -0.497 e. The second-order valence-electron chi connectivity index (χ2n) is 4.60. The van der Waals surface area contributed by atoms with E-state index in [1.54, 1.807) is 55.6 Å². The molecule has 0 unspecified atom stereocenters. The van der Waals surface area contributed by atoms with E-state index in [1.807, 2.05) is 0 Å². The average molecular weight is 376 g/mol. The lowest BCUT2D eigenvalue weighted by atomic mass is 10.1. The number of ether oxygens (including phenoxy) is 1. The van der Waals surface area contributed by atoms with Crippen molar-refractivity contribution in [1.29, 1.82) is 0 Å². The van der Waals surface area contributed by atoms with Gasteiger partial charge in [0, 0.05) is 10.0 Å². The predicted molar refractivity (Wildman–Crippen MR) is 90.2 cm³/mol. The number of hydrogen-bond acceptors (Lipinski definition) is 3. The Balaban J connectivity index is 2.22. The second-order valence-corrected chi connectivity index (χ2v) is 5.52. The third-order valence-electron chi connectivity index (χ3n) is 2.99. The Morgan fingerprint density at radius 1 is 1.17 bits per heavy atom. The van der Waals surface area contributed by atoms with E-state index in [9.17, 15) is 14.7 Å². The zero-order chi connectivity index (χ0) is 16.8. The van der Waals surface area contributed by atoms with Gasteiger partial charge in [-0.05, 0) is 42.0 Å². The van der Waals surface area contributed by atoms with Crippen LogP contribution in [0.2, 0.25) is 0 Å². The number of rotatable bonds is 5. The van der Waals surface area contributed by atoms with Crippen LogP contribution in [-0.4, -0.2) is 24.1 Å². The van der Waals surface area contributed by atoms with E-state index in [2.05, 4.69) is 21.2 Å². The Bertz CT molecular complexity index is 753. The lowest BCUT2D eigenvalue weighted by Crippen LogP contribution is -2.27. The number of nitrogens with one attached hydrogen (secondary N) is 1. The van der Waals surface area contributed by atoms with E-state index in [4.69, 9.17) is 4.74 Å². The molecule has 2 aromatic rings. The highest BCUT2D eigenvalue weighted by Gasteiger charge is 2.13. The van der Waals surface area contributed by atoms with Crippen LogP contribution in [0.25, 0.3) is 6.08 Å². The highest BCUT2D eigenvalue weighted by molar-refractivity contribution is 9.10. The number of amides is 1. The molecule has 118 valence electrons. The van der Waals surface area contributed by atoms with Crippen molar-refractivity contribution in [2.75, 3.05) is 7.11 Å². The number of aliphatic carboxylic acids is 1. The number of carbonyl (C=O) groups excluding carboxylic acids is 1. The summed E-state index contributed by atoms with van der Waals surface area (Å²) in [6.45, 7) is 0. The first kappa shape index (κ1) is 16.8. The number of carboxylic acids is 1. The fraction of sp³-hybridized carbons (Fsp3) is 0.0588. The van der Waals surface area contributed by atoms with Gasteiger partial charge in [-0.25, -0.2) is 4.79 Å². The van der Waals surface area contributed by atoms with E-state index < -0.39 is 11.9 Å². The van der Waals surface area contributed by atoms with Crippen molar-refractivity contribution < 1.29 is 19.4 Å². The summed E-state index contributed by atoms with van der Waals surface area (Å²) in [5.41, 5.74) is 0.791. The second kappa shape index (κ2) is 7.60. The minimum atomic E-state index is -1.22. The maximum Gasteiger partial charge on any atom is 0.352 e. The van der Waals surface area contributed by atoms with Crippen molar-refractivity contribution >= 4 is 33.9 Å². The fourth-order valence-electron chi connectivity index (χ4n) is 1.84. The molecule has 0 fully saturated rings. The molecule has 0 aliphatic heterocycles. The van der Waals surface area contributed by atoms with Crippen LogP contribution in [0.4, 0.5) is 0 Å². The van der Waals surface area contributed by atoms with Gasteiger partial charge in [-0.15, -0.1) is 0 Å². The van der Waals surface area contributed by atoms with Crippen molar-refractivity contribution in [2.24, 2.45) is 0 Å². The van der Waals surface area contributed by atoms with Crippen LogP contribution in [0.15, 0.2) is 58.7 Å². The first-order valence-electron chi connectivity index (χ1n) is 6.65. The summed E-state index contributed by atoms with van der Waals surface area (Å²) in [5, 5.41) is 11.7. The number of carboxylic acid groups (broad SMARTS) is 1. The summed E-state index contributed by atoms with van der Waals surface area (Å²) < 4.78 is 5.78. The van der Waals surface area contributed by atoms with Crippen molar-refractivity contribution in [3.05, 3.63) is 69.8 Å². The molecule has 0 saturated carbocycles. The maximum atomic E-state index is 12.1. The molecule has 2 N–H and O–H groups in total. The molecule has 0 spiro atoms. The van der Waals surface area contributed by atoms with Crippen molar-refractivity contribution in [3.63, 3.8) is 0 Å². The van der Waals surface area contributed by atoms with Crippen LogP contribution in [0.1, 0.15) is 15.9 Å². The van der Waals surface area contributed by atoms with Gasteiger partial charge in [-0.1, -0.05) is 34.1 Å². The van der Waals surface area contributed by atoms with Crippen LogP contribution in [-0.2, 0) is 4.79 Å². The summed E-state index contributed by atoms with van der Waals surface area (Å²) >= 11 is 3.27. The third kappa shape index (κ3) is 4.69. The molecule has 0 aromatic heterocycles. The minimum absolute atomic E-state index is 0.208. The van der Waals surface area contributed by atoms with Gasteiger partial charge in [0.2, 0.25) is 0 Å². The average Bonchev–Trinajstić information content (AvgIpc) is 2.54. The van der Waals surface area contributed by atoms with Gasteiger partial charge in [0.05, 0.1) is 7.11 Å². The predicted octanol–water partition coefficient (Wildman–Crippen LogP) is 3.31. The molecule has 6 heteroatoms. The van der Waals surface area contributed by atoms with E-state index in [0.29, 0.717) is 16.9 Å². The number of carbonyl (C=O) groups is 2. The number of halogens is 1. The Morgan fingerprint density at radius 3 is 2.43 bits per heavy atom. The summed E-state index contributed by atoms with van der Waals surface area (Å²) in [6, 6.07) is 13.5. The Kier molecular flexibility index (Phi) is 5.54. The molecule has 2 rings (SSSR count). The van der Waals surface area contributed by atoms with Crippen LogP contribution >= 0.6 is 15.9 Å². The quantitative estimate of drug-likeness (QED) is 0.786. The maximum absolute atomic E-state index is 12.1. The molecule has 5 nitrogen and oxygen atoms in total. The van der Waals surface area contributed by atoms with Crippen LogP contribution in [0, 0.1) is 0 Å². The van der Waals surface area contributed by atoms with Crippen molar-refractivity contribution in [1.82, 2.24) is 5.32 Å². The summed E-state index contributed by atoms with van der Waals surface area (Å²) in [4.78, 5) is 23.5. The molecule has 0 aliphatic carbocycles. The summed E-state index contributed by atoms with van der Waals surface area (Å²) in [6.07, 6.45) is 1.39. The summed E-state index contributed by atoms with van der Waals surface area (Å²) in [7, 11) is 1.55. The molecule has 1 amide bonds. The highest BCUT2D eigenvalue weighted by Crippen LogP contribution is 2.15. The van der Waals surface area contributed by atoms with Gasteiger partial charge in [0.1, 0.15) is 11.4 Å². The van der Waals surface area contributed by atoms with Gasteiger partial charge in [0.25, 0.3) is 5.91 Å². The van der Waals surface area contributed by atoms with Gasteiger partial charge < -0.3 is 15.2 Å². The van der Waals surface area contributed by atoms with Gasteiger partial charge in [-0.2, -0.15) is 0 Å². The van der Waals surface area contributed by atoms with Crippen molar-refractivity contribution in [2.45, 2.75) is 0 Å². The largest absolute Gasteiger partial charge is 0.497 e. The third-order valence-corrected chi connectivity index (χ3v) is 3.49. The molecule has 0 atom stereocenters. The normalized spacial score (nSPS) is 11.0. The number of hydrogen-bond donors (Lipinski definition) is 2. The Hall–Kier alpha value is -2.60. The standard InChI is InChI=1S/C17H14BrNO4/c1-23-14-7-5-11(6-8-14)9-15(17(21)22)19-16(20)12-3-2-4-13(18)10-12/h2-10H,1H3,(H,19,20)(H,21,22)/b15-9+. The monoisotopic (exact) mass is 375 g/mol. The molecule has 2 aromatic carbocycles. The molecular weight excluding hydrogens is 362 g/mol. The van der Waals surface area contributed by atoms with E-state index in [1.165, 1.54) is 6.08 Å². The van der Waals surface area contributed by atoms with Crippen LogP contribution < -0.4 is 10.1 Å². The highest BCUT2D eigenvalue weighted by atomic mass is 79.9. The van der Waals surface area contributed by atoms with Gasteiger partial charge in [-0.3, -0.25) is 4.79 Å². The van der Waals surface area contributed by atoms with Gasteiger partial charge in [0.15, 0.2) is 0 Å². The Morgan fingerprint density at radius 2 is 1.87 bits per heavy atom. The first-order chi connectivity index (χ1) is 11.0. The molecule has 0 radical (unpaired) electrons. The number of benzene rings is 2. The topological polar surface area (TPSA) is 75.6 Å². The van der Waals surface area contributed by atoms with Crippen molar-refractivity contribution in [3.8, 4) is 5.75 Å². The molecule has 23 heavy (non-hydrogen) atoms. The molecule has 0 saturated heterocycles. The van der Waals surface area contributed by atoms with Crippen LogP contribution in [0.5, 0.6) is 5.75 Å². The summed E-state index contributed by atoms with van der Waals surface area (Å²) in [5.74, 6) is -1.05. The molecule has 0 heterocycles. The van der Waals surface area contributed by atoms with E-state index >= 15 is 0 Å². The number of methoxy groups -OCH3 is 1. The smallest absolute Gasteiger partial charge is 0.352 e. The zero-order valence-corrected chi connectivity index (χ0v) is 13.8.